The predicted molar refractivity (Wildman–Crippen MR) is 134 cm³/mol. The molecule has 192 valence electrons. The lowest BCUT2D eigenvalue weighted by molar-refractivity contribution is -0.162. The zero-order valence-electron chi connectivity index (χ0n) is 21.4. The fourth-order valence-corrected chi connectivity index (χ4v) is 5.63. The number of esters is 3. The average Bonchev–Trinajstić information content (AvgIpc) is 3.27. The van der Waals surface area contributed by atoms with Crippen molar-refractivity contribution in [3.05, 3.63) is 59.2 Å². The van der Waals surface area contributed by atoms with Gasteiger partial charge in [0, 0.05) is 30.4 Å². The van der Waals surface area contributed by atoms with E-state index in [0.717, 1.165) is 28.9 Å². The van der Waals surface area contributed by atoms with E-state index in [1.165, 1.54) is 13.0 Å². The molecule has 1 saturated carbocycles. The van der Waals surface area contributed by atoms with Crippen molar-refractivity contribution < 1.29 is 33.3 Å². The van der Waals surface area contributed by atoms with Crippen LogP contribution < -0.4 is 4.74 Å². The summed E-state index contributed by atoms with van der Waals surface area (Å²) in [5, 5.41) is 0. The molecule has 0 spiro atoms. The second-order valence-electron chi connectivity index (χ2n) is 10.0. The van der Waals surface area contributed by atoms with E-state index < -0.39 is 29.7 Å². The van der Waals surface area contributed by atoms with Crippen LogP contribution in [0.5, 0.6) is 5.75 Å². The molecule has 0 radical (unpaired) electrons. The fraction of sp³-hybridized carbons (Fsp3) is 0.483. The van der Waals surface area contributed by atoms with Crippen molar-refractivity contribution in [2.45, 2.75) is 71.2 Å². The van der Waals surface area contributed by atoms with Gasteiger partial charge in [-0.25, -0.2) is 9.59 Å². The number of ether oxygens (including phenoxy) is 4. The topological polar surface area (TPSA) is 88.1 Å². The smallest absolute Gasteiger partial charge is 0.334 e. The largest absolute Gasteiger partial charge is 0.494 e. The molecule has 5 unspecified atom stereocenters. The summed E-state index contributed by atoms with van der Waals surface area (Å²) < 4.78 is 23.0. The Morgan fingerprint density at radius 2 is 1.97 bits per heavy atom. The van der Waals surface area contributed by atoms with Gasteiger partial charge in [-0.05, 0) is 74.4 Å². The Balaban J connectivity index is 1.52. The molecule has 4 rings (SSSR count). The number of hydrogen-bond acceptors (Lipinski definition) is 7. The van der Waals surface area contributed by atoms with Crippen LogP contribution in [0.25, 0.3) is 6.08 Å². The maximum atomic E-state index is 12.7. The van der Waals surface area contributed by atoms with Crippen LogP contribution in [0.2, 0.25) is 0 Å². The molecule has 0 N–H and O–H groups in total. The van der Waals surface area contributed by atoms with E-state index in [9.17, 15) is 14.4 Å². The van der Waals surface area contributed by atoms with Crippen LogP contribution in [0, 0.1) is 11.8 Å². The lowest BCUT2D eigenvalue weighted by Crippen LogP contribution is -2.40. The van der Waals surface area contributed by atoms with E-state index in [2.05, 4.69) is 6.58 Å². The van der Waals surface area contributed by atoms with Gasteiger partial charge >= 0.3 is 17.9 Å². The van der Waals surface area contributed by atoms with Gasteiger partial charge < -0.3 is 18.9 Å². The van der Waals surface area contributed by atoms with Crippen LogP contribution in [-0.4, -0.2) is 42.3 Å². The number of rotatable bonds is 7. The highest BCUT2D eigenvalue weighted by atomic mass is 16.6. The summed E-state index contributed by atoms with van der Waals surface area (Å²) in [4.78, 5) is 37.0. The molecule has 1 saturated heterocycles. The highest BCUT2D eigenvalue weighted by molar-refractivity contribution is 5.91. The Morgan fingerprint density at radius 1 is 1.25 bits per heavy atom. The van der Waals surface area contributed by atoms with E-state index in [1.54, 1.807) is 6.08 Å². The minimum Gasteiger partial charge on any atom is -0.494 e. The lowest BCUT2D eigenvalue weighted by atomic mass is 9.81. The van der Waals surface area contributed by atoms with Crippen molar-refractivity contribution in [1.82, 2.24) is 0 Å². The molecule has 7 nitrogen and oxygen atoms in total. The van der Waals surface area contributed by atoms with Crippen molar-refractivity contribution in [2.24, 2.45) is 11.8 Å². The van der Waals surface area contributed by atoms with Gasteiger partial charge in [0.15, 0.2) is 0 Å². The molecular formula is C29H34O7. The summed E-state index contributed by atoms with van der Waals surface area (Å²) in [7, 11) is 0. The highest BCUT2D eigenvalue weighted by Gasteiger charge is 2.56. The molecule has 5 atom stereocenters. The summed E-state index contributed by atoms with van der Waals surface area (Å²) in [5.41, 5.74) is 2.23. The molecule has 0 bridgehead atoms. The number of fused-ring (bicyclic) bond motifs is 3. The maximum Gasteiger partial charge on any atom is 0.334 e. The van der Waals surface area contributed by atoms with E-state index in [1.807, 2.05) is 45.0 Å². The minimum atomic E-state index is -0.794. The summed E-state index contributed by atoms with van der Waals surface area (Å²) >= 11 is 0. The predicted octanol–water partition coefficient (Wildman–Crippen LogP) is 4.95. The van der Waals surface area contributed by atoms with Gasteiger partial charge in [-0.2, -0.15) is 0 Å². The van der Waals surface area contributed by atoms with E-state index >= 15 is 0 Å². The third kappa shape index (κ3) is 5.11. The monoisotopic (exact) mass is 494 g/mol. The Kier molecular flexibility index (Phi) is 7.38. The normalized spacial score (nSPS) is 29.4. The first-order chi connectivity index (χ1) is 17.1. The van der Waals surface area contributed by atoms with Crippen molar-refractivity contribution in [3.63, 3.8) is 0 Å². The summed E-state index contributed by atoms with van der Waals surface area (Å²) in [6.45, 7) is 11.9. The molecule has 1 heterocycles. The van der Waals surface area contributed by atoms with E-state index in [0.29, 0.717) is 31.4 Å². The molecule has 36 heavy (non-hydrogen) atoms. The Hall–Kier alpha value is -3.35. The molecule has 1 aromatic carbocycles. The molecule has 2 aliphatic carbocycles. The third-order valence-electron chi connectivity index (χ3n) is 7.47. The van der Waals surface area contributed by atoms with Crippen LogP contribution in [0.15, 0.2) is 53.6 Å². The molecule has 1 aliphatic heterocycles. The standard InChI is InChI=1S/C29H34O7/c1-6-15-33-21-10-7-20(8-11-21)9-12-25(31)34-24-16-23-26(18(24)3)27-22(17(2)28(32)35-27)13-14-29(23,5)36-19(4)30/h7-12,22-24,27H,2,6,13-16H2,1,3-5H3. The molecule has 7 heteroatoms. The lowest BCUT2D eigenvalue weighted by Gasteiger charge is -2.35. The molecule has 3 aliphatic rings. The van der Waals surface area contributed by atoms with E-state index in [-0.39, 0.29) is 17.8 Å². The van der Waals surface area contributed by atoms with Crippen LogP contribution in [0.3, 0.4) is 0 Å². The maximum absolute atomic E-state index is 12.7. The van der Waals surface area contributed by atoms with Gasteiger partial charge in [0.1, 0.15) is 23.6 Å². The number of hydrogen-bond donors (Lipinski definition) is 0. The van der Waals surface area contributed by atoms with E-state index in [4.69, 9.17) is 18.9 Å². The van der Waals surface area contributed by atoms with Crippen LogP contribution >= 0.6 is 0 Å². The quantitative estimate of drug-likeness (QED) is 0.229. The van der Waals surface area contributed by atoms with Crippen molar-refractivity contribution in [1.29, 1.82) is 0 Å². The van der Waals surface area contributed by atoms with Crippen molar-refractivity contribution >= 4 is 24.0 Å². The van der Waals surface area contributed by atoms with Gasteiger partial charge in [0.25, 0.3) is 0 Å². The zero-order chi connectivity index (χ0) is 26.0. The Bertz CT molecular complexity index is 1110. The summed E-state index contributed by atoms with van der Waals surface area (Å²) in [5.74, 6) is -0.857. The molecule has 1 aromatic rings. The Labute approximate surface area is 212 Å². The first kappa shape index (κ1) is 25.7. The average molecular weight is 495 g/mol. The van der Waals surface area contributed by atoms with Crippen LogP contribution in [0.4, 0.5) is 0 Å². The second kappa shape index (κ2) is 10.3. The van der Waals surface area contributed by atoms with Gasteiger partial charge in [-0.15, -0.1) is 0 Å². The third-order valence-corrected chi connectivity index (χ3v) is 7.47. The number of carbonyl (C=O) groups excluding carboxylic acids is 3. The number of benzene rings is 1. The molecule has 0 aromatic heterocycles. The van der Waals surface area contributed by atoms with Crippen LogP contribution in [0.1, 0.15) is 58.9 Å². The van der Waals surface area contributed by atoms with Crippen LogP contribution in [-0.2, 0) is 28.6 Å². The first-order valence-electron chi connectivity index (χ1n) is 12.5. The second-order valence-corrected chi connectivity index (χ2v) is 10.0. The van der Waals surface area contributed by atoms with Gasteiger partial charge in [0.2, 0.25) is 0 Å². The zero-order valence-corrected chi connectivity index (χ0v) is 21.4. The molecule has 0 amide bonds. The highest BCUT2D eigenvalue weighted by Crippen LogP contribution is 2.53. The molecular weight excluding hydrogens is 460 g/mol. The van der Waals surface area contributed by atoms with Gasteiger partial charge in [0.05, 0.1) is 6.61 Å². The summed E-state index contributed by atoms with van der Waals surface area (Å²) in [6, 6.07) is 7.48. The van der Waals surface area contributed by atoms with Crippen molar-refractivity contribution in [3.8, 4) is 5.75 Å². The first-order valence-corrected chi connectivity index (χ1v) is 12.5. The Morgan fingerprint density at radius 3 is 2.64 bits per heavy atom. The van der Waals surface area contributed by atoms with Crippen molar-refractivity contribution in [2.75, 3.05) is 6.61 Å². The SMILES string of the molecule is C=C1C(=O)OC2C3=C(C)C(OC(=O)C=Cc4ccc(OCCC)cc4)CC3C(C)(OC(C)=O)CCC12. The minimum absolute atomic E-state index is 0.180. The molecule has 2 fully saturated rings. The van der Waals surface area contributed by atoms with Gasteiger partial charge in [-0.3, -0.25) is 4.79 Å². The van der Waals surface area contributed by atoms with Gasteiger partial charge in [-0.1, -0.05) is 25.6 Å². The fourth-order valence-electron chi connectivity index (χ4n) is 5.63. The summed E-state index contributed by atoms with van der Waals surface area (Å²) in [6.07, 6.45) is 4.70. The number of carbonyl (C=O) groups is 3.